The lowest BCUT2D eigenvalue weighted by Crippen LogP contribution is -2.31. The Bertz CT molecular complexity index is 694. The Labute approximate surface area is 118 Å². The zero-order valence-electron chi connectivity index (χ0n) is 11.7. The monoisotopic (exact) mass is 267 g/mol. The molecule has 2 N–H and O–H groups in total. The van der Waals surface area contributed by atoms with Crippen molar-refractivity contribution in [3.8, 4) is 11.1 Å². The third kappa shape index (κ3) is 2.03. The van der Waals surface area contributed by atoms with Crippen molar-refractivity contribution in [1.82, 2.24) is 4.98 Å². The molecule has 1 aromatic carbocycles. The summed E-state index contributed by atoms with van der Waals surface area (Å²) < 4.78 is 0. The van der Waals surface area contributed by atoms with Gasteiger partial charge in [0.15, 0.2) is 0 Å². The number of anilines is 2. The van der Waals surface area contributed by atoms with Crippen LogP contribution in [0.1, 0.15) is 17.7 Å². The minimum absolute atomic E-state index is 0.143. The second-order valence-electron chi connectivity index (χ2n) is 5.21. The van der Waals surface area contributed by atoms with Crippen LogP contribution in [0.3, 0.4) is 0 Å². The third-order valence-electron chi connectivity index (χ3n) is 3.80. The summed E-state index contributed by atoms with van der Waals surface area (Å²) in [5, 5.41) is 0. The number of fused-ring (bicyclic) bond motifs is 1. The molecular formula is C16H17N3O. The van der Waals surface area contributed by atoms with E-state index >= 15 is 0 Å². The summed E-state index contributed by atoms with van der Waals surface area (Å²) in [6, 6.07) is 7.98. The van der Waals surface area contributed by atoms with Gasteiger partial charge in [0, 0.05) is 42.3 Å². The van der Waals surface area contributed by atoms with Crippen LogP contribution >= 0.6 is 0 Å². The number of nitrogens with two attached hydrogens (primary N) is 1. The first-order chi connectivity index (χ1) is 9.56. The Hall–Kier alpha value is -2.36. The van der Waals surface area contributed by atoms with Crippen LogP contribution in [-0.4, -0.2) is 17.9 Å². The van der Waals surface area contributed by atoms with Crippen LogP contribution in [0.4, 0.5) is 11.4 Å². The van der Waals surface area contributed by atoms with E-state index in [1.54, 1.807) is 18.1 Å². The van der Waals surface area contributed by atoms with Crippen molar-refractivity contribution in [3.63, 3.8) is 0 Å². The highest BCUT2D eigenvalue weighted by molar-refractivity contribution is 5.97. The van der Waals surface area contributed by atoms with Crippen molar-refractivity contribution >= 4 is 17.3 Å². The first-order valence-electron chi connectivity index (χ1n) is 6.68. The van der Waals surface area contributed by atoms with Gasteiger partial charge in [0.1, 0.15) is 0 Å². The number of hydrogen-bond donors (Lipinski definition) is 1. The van der Waals surface area contributed by atoms with E-state index < -0.39 is 0 Å². The molecule has 4 nitrogen and oxygen atoms in total. The van der Waals surface area contributed by atoms with Gasteiger partial charge in [-0.05, 0) is 48.7 Å². The zero-order chi connectivity index (χ0) is 14.3. The SMILES string of the molecule is Cc1cc(-c2cc3c(cc2N)N(C)C(=O)CC3)ccn1. The van der Waals surface area contributed by atoms with Crippen molar-refractivity contribution in [2.24, 2.45) is 0 Å². The molecule has 0 bridgehead atoms. The molecule has 2 aromatic rings. The minimum Gasteiger partial charge on any atom is -0.398 e. The summed E-state index contributed by atoms with van der Waals surface area (Å²) in [5.74, 6) is 0.143. The van der Waals surface area contributed by atoms with Gasteiger partial charge in [0.05, 0.1) is 0 Å². The highest BCUT2D eigenvalue weighted by Crippen LogP contribution is 2.35. The predicted molar refractivity (Wildman–Crippen MR) is 80.6 cm³/mol. The number of carbonyl (C=O) groups is 1. The normalized spacial score (nSPS) is 14.3. The number of amides is 1. The van der Waals surface area contributed by atoms with Crippen molar-refractivity contribution < 1.29 is 4.79 Å². The molecule has 2 heterocycles. The molecule has 0 saturated heterocycles. The zero-order valence-corrected chi connectivity index (χ0v) is 11.7. The minimum atomic E-state index is 0.143. The summed E-state index contributed by atoms with van der Waals surface area (Å²) in [6.45, 7) is 1.96. The van der Waals surface area contributed by atoms with Crippen molar-refractivity contribution in [1.29, 1.82) is 0 Å². The molecule has 1 aliphatic rings. The number of aryl methyl sites for hydroxylation is 2. The number of rotatable bonds is 1. The average Bonchev–Trinajstić information content (AvgIpc) is 2.43. The Morgan fingerprint density at radius 1 is 1.25 bits per heavy atom. The fraction of sp³-hybridized carbons (Fsp3) is 0.250. The maximum atomic E-state index is 11.7. The number of benzene rings is 1. The van der Waals surface area contributed by atoms with Gasteiger partial charge >= 0.3 is 0 Å². The fourth-order valence-corrected chi connectivity index (χ4v) is 2.67. The largest absolute Gasteiger partial charge is 0.398 e. The standard InChI is InChI=1S/C16H17N3O/c1-10-7-11(5-6-18-10)13-8-12-3-4-16(20)19(2)15(12)9-14(13)17/h5-9H,3-4,17H2,1-2H3. The van der Waals surface area contributed by atoms with Gasteiger partial charge in [-0.3, -0.25) is 9.78 Å². The summed E-state index contributed by atoms with van der Waals surface area (Å²) in [7, 11) is 1.80. The molecule has 0 fully saturated rings. The lowest BCUT2D eigenvalue weighted by Gasteiger charge is -2.27. The Morgan fingerprint density at radius 3 is 2.80 bits per heavy atom. The summed E-state index contributed by atoms with van der Waals surface area (Å²) in [5.41, 5.74) is 12.0. The molecule has 4 heteroatoms. The number of pyridine rings is 1. The lowest BCUT2D eigenvalue weighted by atomic mass is 9.95. The molecular weight excluding hydrogens is 250 g/mol. The maximum absolute atomic E-state index is 11.7. The highest BCUT2D eigenvalue weighted by Gasteiger charge is 2.22. The summed E-state index contributed by atoms with van der Waals surface area (Å²) in [4.78, 5) is 17.6. The highest BCUT2D eigenvalue weighted by atomic mass is 16.2. The van der Waals surface area contributed by atoms with E-state index in [4.69, 9.17) is 5.73 Å². The van der Waals surface area contributed by atoms with Gasteiger partial charge in [-0.1, -0.05) is 0 Å². The van der Waals surface area contributed by atoms with Gasteiger partial charge in [-0.15, -0.1) is 0 Å². The first-order valence-corrected chi connectivity index (χ1v) is 6.68. The van der Waals surface area contributed by atoms with Gasteiger partial charge in [0.2, 0.25) is 5.91 Å². The molecule has 20 heavy (non-hydrogen) atoms. The van der Waals surface area contributed by atoms with E-state index in [0.717, 1.165) is 28.9 Å². The Kier molecular flexibility index (Phi) is 2.93. The van der Waals surface area contributed by atoms with E-state index in [0.29, 0.717) is 12.1 Å². The van der Waals surface area contributed by atoms with Gasteiger partial charge in [0.25, 0.3) is 0 Å². The third-order valence-corrected chi connectivity index (χ3v) is 3.80. The van der Waals surface area contributed by atoms with E-state index in [2.05, 4.69) is 11.1 Å². The molecule has 0 unspecified atom stereocenters. The van der Waals surface area contributed by atoms with Crippen LogP contribution in [0.5, 0.6) is 0 Å². The van der Waals surface area contributed by atoms with E-state index in [1.165, 1.54) is 5.56 Å². The molecule has 1 aliphatic heterocycles. The molecule has 0 aliphatic carbocycles. The van der Waals surface area contributed by atoms with Crippen molar-refractivity contribution in [2.75, 3.05) is 17.7 Å². The van der Waals surface area contributed by atoms with Crippen LogP contribution < -0.4 is 10.6 Å². The number of nitrogen functional groups attached to an aromatic ring is 1. The van der Waals surface area contributed by atoms with E-state index in [9.17, 15) is 4.79 Å². The Balaban J connectivity index is 2.13. The van der Waals surface area contributed by atoms with Crippen LogP contribution in [0.25, 0.3) is 11.1 Å². The number of aromatic nitrogens is 1. The van der Waals surface area contributed by atoms with Gasteiger partial charge in [-0.25, -0.2) is 0 Å². The second kappa shape index (κ2) is 4.63. The topological polar surface area (TPSA) is 59.2 Å². The molecule has 3 rings (SSSR count). The summed E-state index contributed by atoms with van der Waals surface area (Å²) in [6.07, 6.45) is 3.12. The van der Waals surface area contributed by atoms with Crippen LogP contribution in [0, 0.1) is 6.92 Å². The predicted octanol–water partition coefficient (Wildman–Crippen LogP) is 2.55. The number of nitrogens with zero attached hydrogens (tertiary/aromatic N) is 2. The second-order valence-corrected chi connectivity index (χ2v) is 5.21. The number of hydrogen-bond acceptors (Lipinski definition) is 3. The molecule has 102 valence electrons. The molecule has 1 amide bonds. The molecule has 0 spiro atoms. The molecule has 1 aromatic heterocycles. The van der Waals surface area contributed by atoms with Crippen LogP contribution in [0.15, 0.2) is 30.5 Å². The van der Waals surface area contributed by atoms with Crippen molar-refractivity contribution in [3.05, 3.63) is 41.7 Å². The lowest BCUT2D eigenvalue weighted by molar-refractivity contribution is -0.118. The summed E-state index contributed by atoms with van der Waals surface area (Å²) >= 11 is 0. The fourth-order valence-electron chi connectivity index (χ4n) is 2.67. The average molecular weight is 267 g/mol. The quantitative estimate of drug-likeness (QED) is 0.808. The van der Waals surface area contributed by atoms with E-state index in [-0.39, 0.29) is 5.91 Å². The van der Waals surface area contributed by atoms with Gasteiger partial charge < -0.3 is 10.6 Å². The van der Waals surface area contributed by atoms with E-state index in [1.807, 2.05) is 25.1 Å². The number of carbonyl (C=O) groups excluding carboxylic acids is 1. The van der Waals surface area contributed by atoms with Crippen LogP contribution in [-0.2, 0) is 11.2 Å². The van der Waals surface area contributed by atoms with Crippen molar-refractivity contribution in [2.45, 2.75) is 19.8 Å². The maximum Gasteiger partial charge on any atom is 0.227 e. The molecule has 0 saturated carbocycles. The first kappa shape index (κ1) is 12.7. The molecule has 0 atom stereocenters. The molecule has 0 radical (unpaired) electrons. The Morgan fingerprint density at radius 2 is 2.05 bits per heavy atom. The smallest absolute Gasteiger partial charge is 0.227 e. The van der Waals surface area contributed by atoms with Crippen LogP contribution in [0.2, 0.25) is 0 Å². The van der Waals surface area contributed by atoms with Gasteiger partial charge in [-0.2, -0.15) is 0 Å².